The van der Waals surface area contributed by atoms with Gasteiger partial charge in [-0.05, 0) is 91.0 Å². The number of fused-ring (bicyclic) bond motifs is 20. The minimum Gasteiger partial charge on any atom is -0.307 e. The highest BCUT2D eigenvalue weighted by molar-refractivity contribution is 6.40. The number of hydrogen-bond donors (Lipinski definition) is 0. The molecule has 322 valence electrons. The van der Waals surface area contributed by atoms with E-state index in [4.69, 9.17) is 0 Å². The summed E-state index contributed by atoms with van der Waals surface area (Å²) in [5.41, 5.74) is 26.1. The Bertz CT molecular complexity index is 4370. The molecule has 0 aliphatic heterocycles. The minimum atomic E-state index is 0.0472. The van der Waals surface area contributed by atoms with Crippen LogP contribution in [0.5, 0.6) is 0 Å². The van der Waals surface area contributed by atoms with Crippen molar-refractivity contribution in [3.8, 4) is 44.5 Å². The molecule has 15 aromatic rings. The number of rotatable bonds is 4. The van der Waals surface area contributed by atoms with E-state index in [-0.39, 0.29) is 11.8 Å². The molecule has 0 spiro atoms. The zero-order chi connectivity index (χ0) is 45.3. The first-order valence-electron chi connectivity index (χ1n) is 24.7. The quantitative estimate of drug-likeness (QED) is 0.167. The van der Waals surface area contributed by atoms with E-state index in [0.29, 0.717) is 0 Å². The molecule has 17 rings (SSSR count). The van der Waals surface area contributed by atoms with Crippen LogP contribution in [0.1, 0.15) is 45.2 Å². The first-order chi connectivity index (χ1) is 34.8. The van der Waals surface area contributed by atoms with Crippen LogP contribution in [0.2, 0.25) is 0 Å². The molecule has 2 atom stereocenters. The van der Waals surface area contributed by atoms with Crippen LogP contribution in [0, 0.1) is 0 Å². The second-order valence-electron chi connectivity index (χ2n) is 19.7. The van der Waals surface area contributed by atoms with E-state index in [9.17, 15) is 0 Å². The highest BCUT2D eigenvalue weighted by Gasteiger charge is 2.40. The van der Waals surface area contributed by atoms with Crippen molar-refractivity contribution in [2.75, 3.05) is 0 Å². The molecule has 0 fully saturated rings. The zero-order valence-corrected chi connectivity index (χ0v) is 38.0. The molecular formula is C68H40N2. The molecule has 2 unspecified atom stereocenters. The van der Waals surface area contributed by atoms with Gasteiger partial charge in [0.05, 0.1) is 33.1 Å². The van der Waals surface area contributed by atoms with E-state index in [1.165, 1.54) is 154 Å². The first-order valence-corrected chi connectivity index (χ1v) is 24.7. The maximum absolute atomic E-state index is 2.70. The second-order valence-corrected chi connectivity index (χ2v) is 19.7. The van der Waals surface area contributed by atoms with Gasteiger partial charge >= 0.3 is 0 Å². The Hall–Kier alpha value is -8.98. The molecule has 0 saturated heterocycles. The molecule has 0 bridgehead atoms. The van der Waals surface area contributed by atoms with Gasteiger partial charge in [-0.15, -0.1) is 0 Å². The van der Waals surface area contributed by atoms with Crippen LogP contribution in [0.15, 0.2) is 231 Å². The molecule has 0 saturated carbocycles. The Labute approximate surface area is 403 Å². The Kier molecular flexibility index (Phi) is 7.08. The third-order valence-electron chi connectivity index (χ3n) is 16.5. The summed E-state index contributed by atoms with van der Waals surface area (Å²) < 4.78 is 5.40. The van der Waals surface area contributed by atoms with Crippen molar-refractivity contribution in [3.05, 3.63) is 264 Å². The van der Waals surface area contributed by atoms with Crippen LogP contribution < -0.4 is 0 Å². The number of hydrogen-bond acceptors (Lipinski definition) is 0. The SMILES string of the molecule is c1ccc(-c2c3c4c5c(cc6c7ccccc7n(c3c(-c3ccccc3)c3c7c8c(cc9c%10ccccc%10n(c23)c97)-c2ccccc2C8c2ccccc2)c64)-c2ccccc2C5c2ccccc2)cc1. The number of aromatic nitrogens is 2. The first kappa shape index (κ1) is 37.1. The predicted octanol–water partition coefficient (Wildman–Crippen LogP) is 17.6. The van der Waals surface area contributed by atoms with Crippen LogP contribution in [0.3, 0.4) is 0 Å². The zero-order valence-electron chi connectivity index (χ0n) is 38.0. The summed E-state index contributed by atoms with van der Waals surface area (Å²) in [6, 6.07) is 87.2. The van der Waals surface area contributed by atoms with Crippen LogP contribution in [-0.4, -0.2) is 8.80 Å². The van der Waals surface area contributed by atoms with Gasteiger partial charge < -0.3 is 8.80 Å². The van der Waals surface area contributed by atoms with Crippen molar-refractivity contribution < 1.29 is 0 Å². The van der Waals surface area contributed by atoms with E-state index in [0.717, 1.165) is 0 Å². The average Bonchev–Trinajstić information content (AvgIpc) is 4.27. The lowest BCUT2D eigenvalue weighted by Gasteiger charge is -2.19. The Morgan fingerprint density at radius 1 is 0.271 bits per heavy atom. The van der Waals surface area contributed by atoms with Crippen molar-refractivity contribution in [1.29, 1.82) is 0 Å². The Balaban J connectivity index is 1.22. The summed E-state index contributed by atoms with van der Waals surface area (Å²) in [6.07, 6.45) is 0. The van der Waals surface area contributed by atoms with Crippen molar-refractivity contribution in [1.82, 2.24) is 8.80 Å². The normalized spacial score (nSPS) is 15.1. The molecular weight excluding hydrogens is 845 g/mol. The second kappa shape index (κ2) is 13.4. The van der Waals surface area contributed by atoms with Gasteiger partial charge in [-0.1, -0.05) is 206 Å². The van der Waals surface area contributed by atoms with Gasteiger partial charge in [-0.3, -0.25) is 0 Å². The molecule has 2 heteroatoms. The highest BCUT2D eigenvalue weighted by Crippen LogP contribution is 2.62. The molecule has 4 heterocycles. The number of para-hydroxylation sites is 2. The standard InChI is InChI=1S/C68H40N2/c1-5-21-39(22-6-1)55-47-33-15-13-29-43(47)49-37-51-45-31-17-19-35-53(45)69-65(51)63(59(49)55)61-57(41-25-9-3-10-26-41)68-62(58(67(61)69)42-27-11-4-12-28-42)64-60-50(38-52-46-32-18-20-36-54(46)70(68)66(52)64)44-30-14-16-34-48(44)56(60)40-23-7-2-8-24-40/h1-38,55-56H. The molecule has 2 aliphatic rings. The average molecular weight is 885 g/mol. The maximum atomic E-state index is 2.70. The van der Waals surface area contributed by atoms with Crippen LogP contribution in [0.4, 0.5) is 0 Å². The van der Waals surface area contributed by atoms with Crippen LogP contribution >= 0.6 is 0 Å². The third-order valence-corrected chi connectivity index (χ3v) is 16.5. The Morgan fingerprint density at radius 3 is 1.06 bits per heavy atom. The molecule has 0 amide bonds. The summed E-state index contributed by atoms with van der Waals surface area (Å²) in [7, 11) is 0. The van der Waals surface area contributed by atoms with Crippen molar-refractivity contribution in [2.45, 2.75) is 11.8 Å². The van der Waals surface area contributed by atoms with Crippen LogP contribution in [-0.2, 0) is 0 Å². The molecule has 2 aliphatic carbocycles. The molecule has 4 aromatic heterocycles. The summed E-state index contributed by atoms with van der Waals surface area (Å²) in [6.45, 7) is 0. The summed E-state index contributed by atoms with van der Waals surface area (Å²) in [5, 5.41) is 10.5. The van der Waals surface area contributed by atoms with E-state index < -0.39 is 0 Å². The van der Waals surface area contributed by atoms with Gasteiger partial charge in [0.15, 0.2) is 0 Å². The van der Waals surface area contributed by atoms with Crippen molar-refractivity contribution in [2.24, 2.45) is 0 Å². The summed E-state index contributed by atoms with van der Waals surface area (Å²) >= 11 is 0. The van der Waals surface area contributed by atoms with Gasteiger partial charge in [0.2, 0.25) is 0 Å². The third kappa shape index (κ3) is 4.46. The predicted molar refractivity (Wildman–Crippen MR) is 292 cm³/mol. The van der Waals surface area contributed by atoms with Gasteiger partial charge in [0.1, 0.15) is 0 Å². The summed E-state index contributed by atoms with van der Waals surface area (Å²) in [5.74, 6) is 0.0944. The van der Waals surface area contributed by atoms with Gasteiger partial charge in [-0.2, -0.15) is 0 Å². The van der Waals surface area contributed by atoms with Gasteiger partial charge in [-0.25, -0.2) is 0 Å². The Morgan fingerprint density at radius 2 is 0.629 bits per heavy atom. The van der Waals surface area contributed by atoms with E-state index in [1.54, 1.807) is 0 Å². The fourth-order valence-corrected chi connectivity index (χ4v) is 14.0. The molecule has 0 radical (unpaired) electrons. The maximum Gasteiger partial charge on any atom is 0.0634 e. The van der Waals surface area contributed by atoms with Crippen molar-refractivity contribution in [3.63, 3.8) is 0 Å². The monoisotopic (exact) mass is 884 g/mol. The lowest BCUT2D eigenvalue weighted by molar-refractivity contribution is 1.03. The topological polar surface area (TPSA) is 8.82 Å². The van der Waals surface area contributed by atoms with Crippen molar-refractivity contribution >= 4 is 76.2 Å². The highest BCUT2D eigenvalue weighted by atomic mass is 14.9. The largest absolute Gasteiger partial charge is 0.307 e. The fourth-order valence-electron chi connectivity index (χ4n) is 14.0. The van der Waals surface area contributed by atoms with E-state index in [1.807, 2.05) is 0 Å². The van der Waals surface area contributed by atoms with Gasteiger partial charge in [0, 0.05) is 66.1 Å². The molecule has 11 aromatic carbocycles. The molecule has 2 nitrogen and oxygen atoms in total. The van der Waals surface area contributed by atoms with E-state index >= 15 is 0 Å². The molecule has 0 N–H and O–H groups in total. The van der Waals surface area contributed by atoms with Gasteiger partial charge in [0.25, 0.3) is 0 Å². The van der Waals surface area contributed by atoms with Crippen LogP contribution in [0.25, 0.3) is 121 Å². The molecule has 70 heavy (non-hydrogen) atoms. The fraction of sp³-hybridized carbons (Fsp3) is 0.0294. The minimum absolute atomic E-state index is 0.0472. The smallest absolute Gasteiger partial charge is 0.0634 e. The number of benzene rings is 11. The lowest BCUT2D eigenvalue weighted by Crippen LogP contribution is -2.00. The summed E-state index contributed by atoms with van der Waals surface area (Å²) in [4.78, 5) is 0. The lowest BCUT2D eigenvalue weighted by atomic mass is 9.82. The number of nitrogens with zero attached hydrogens (tertiary/aromatic N) is 2. The van der Waals surface area contributed by atoms with E-state index in [2.05, 4.69) is 239 Å².